The molecular weight excluding hydrogens is 324 g/mol. The van der Waals surface area contributed by atoms with Gasteiger partial charge in [0.1, 0.15) is 0 Å². The second-order valence-corrected chi connectivity index (χ2v) is 7.91. The van der Waals surface area contributed by atoms with E-state index in [-0.39, 0.29) is 23.8 Å². The number of thiophene rings is 1. The molecule has 1 aliphatic heterocycles. The molecule has 6 heteroatoms. The second kappa shape index (κ2) is 8.12. The molecule has 2 amide bonds. The molecule has 2 fully saturated rings. The van der Waals surface area contributed by atoms with Gasteiger partial charge in [0.15, 0.2) is 0 Å². The van der Waals surface area contributed by atoms with Crippen LogP contribution in [0.4, 0.5) is 0 Å². The lowest BCUT2D eigenvalue weighted by molar-refractivity contribution is -0.128. The number of ether oxygens (including phenoxy) is 1. The molecule has 132 valence electrons. The number of carbonyl (C=O) groups excluding carboxylic acids is 2. The van der Waals surface area contributed by atoms with E-state index in [1.54, 1.807) is 0 Å². The van der Waals surface area contributed by atoms with Gasteiger partial charge in [-0.15, -0.1) is 11.3 Å². The van der Waals surface area contributed by atoms with E-state index in [4.69, 9.17) is 4.74 Å². The van der Waals surface area contributed by atoms with Crippen LogP contribution in [-0.2, 0) is 9.53 Å². The fourth-order valence-electron chi connectivity index (χ4n) is 3.72. The van der Waals surface area contributed by atoms with Crippen LogP contribution in [0, 0.1) is 12.8 Å². The Labute approximate surface area is 147 Å². The molecule has 1 saturated carbocycles. The lowest BCUT2D eigenvalue weighted by Gasteiger charge is -2.39. The third-order valence-corrected chi connectivity index (χ3v) is 5.90. The molecule has 0 radical (unpaired) electrons. The van der Waals surface area contributed by atoms with Crippen molar-refractivity contribution < 1.29 is 14.3 Å². The van der Waals surface area contributed by atoms with E-state index < -0.39 is 0 Å². The first-order valence-electron chi connectivity index (χ1n) is 8.89. The Morgan fingerprint density at radius 2 is 2.08 bits per heavy atom. The van der Waals surface area contributed by atoms with Gasteiger partial charge >= 0.3 is 0 Å². The standard InChI is InChI=1S/C18H26N2O3S/c1-13-7-8-16(24-13)18(22)20-10-4-11-23-12-9-19-17(21)14-5-2-3-6-15(14)20/h7-8,14-15H,2-6,9-12H2,1H3,(H,19,21)/t14-,15+/m1/s1. The molecule has 0 bridgehead atoms. The van der Waals surface area contributed by atoms with Gasteiger partial charge in [-0.25, -0.2) is 0 Å². The first kappa shape index (κ1) is 17.4. The van der Waals surface area contributed by atoms with Gasteiger partial charge < -0.3 is 15.0 Å². The number of rotatable bonds is 1. The highest BCUT2D eigenvalue weighted by atomic mass is 32.1. The van der Waals surface area contributed by atoms with Gasteiger partial charge in [-0.3, -0.25) is 9.59 Å². The number of aryl methyl sites for hydroxylation is 1. The molecule has 0 aromatic carbocycles. The molecule has 1 aliphatic carbocycles. The van der Waals surface area contributed by atoms with E-state index in [9.17, 15) is 9.59 Å². The zero-order valence-corrected chi connectivity index (χ0v) is 15.1. The zero-order valence-electron chi connectivity index (χ0n) is 14.3. The minimum atomic E-state index is -0.0955. The second-order valence-electron chi connectivity index (χ2n) is 6.62. The Bertz CT molecular complexity index is 587. The highest BCUT2D eigenvalue weighted by Gasteiger charge is 2.37. The molecule has 1 N–H and O–H groups in total. The molecule has 3 rings (SSSR count). The summed E-state index contributed by atoms with van der Waals surface area (Å²) >= 11 is 1.53. The number of hydrogen-bond acceptors (Lipinski definition) is 4. The maximum absolute atomic E-state index is 13.1. The van der Waals surface area contributed by atoms with Gasteiger partial charge in [0.05, 0.1) is 17.4 Å². The van der Waals surface area contributed by atoms with E-state index in [2.05, 4.69) is 5.32 Å². The Morgan fingerprint density at radius 1 is 1.25 bits per heavy atom. The van der Waals surface area contributed by atoms with Gasteiger partial charge in [-0.1, -0.05) is 12.8 Å². The number of hydrogen-bond donors (Lipinski definition) is 1. The van der Waals surface area contributed by atoms with Crippen LogP contribution in [0.15, 0.2) is 12.1 Å². The summed E-state index contributed by atoms with van der Waals surface area (Å²) < 4.78 is 5.56. The van der Waals surface area contributed by atoms with Crippen LogP contribution in [-0.4, -0.2) is 49.1 Å². The minimum absolute atomic E-state index is 0.00626. The van der Waals surface area contributed by atoms with Crippen LogP contribution in [0.2, 0.25) is 0 Å². The summed E-state index contributed by atoms with van der Waals surface area (Å²) in [7, 11) is 0. The van der Waals surface area contributed by atoms with Gasteiger partial charge in [0.2, 0.25) is 5.91 Å². The van der Waals surface area contributed by atoms with E-state index in [1.807, 2.05) is 24.0 Å². The number of carbonyl (C=O) groups is 2. The predicted molar refractivity (Wildman–Crippen MR) is 94.3 cm³/mol. The fourth-order valence-corrected chi connectivity index (χ4v) is 4.54. The van der Waals surface area contributed by atoms with Crippen molar-refractivity contribution >= 4 is 23.2 Å². The van der Waals surface area contributed by atoms with Crippen molar-refractivity contribution in [1.29, 1.82) is 0 Å². The molecule has 1 saturated heterocycles. The first-order chi connectivity index (χ1) is 11.7. The molecule has 0 spiro atoms. The molecule has 2 heterocycles. The van der Waals surface area contributed by atoms with Crippen molar-refractivity contribution in [3.63, 3.8) is 0 Å². The van der Waals surface area contributed by atoms with Crippen molar-refractivity contribution in [2.24, 2.45) is 5.92 Å². The maximum Gasteiger partial charge on any atom is 0.264 e. The molecule has 0 unspecified atom stereocenters. The molecule has 5 nitrogen and oxygen atoms in total. The SMILES string of the molecule is Cc1ccc(C(=O)N2CCCOCCNC(=O)[C@@H]3CCCC[C@@H]32)s1. The highest BCUT2D eigenvalue weighted by Crippen LogP contribution is 2.31. The van der Waals surface area contributed by atoms with E-state index in [0.717, 1.165) is 41.9 Å². The Hall–Kier alpha value is -1.40. The number of fused-ring (bicyclic) bond motifs is 1. The zero-order chi connectivity index (χ0) is 16.9. The Kier molecular flexibility index (Phi) is 5.89. The monoisotopic (exact) mass is 350 g/mol. The molecule has 1 aromatic heterocycles. The van der Waals surface area contributed by atoms with Crippen molar-refractivity contribution in [2.45, 2.75) is 45.1 Å². The summed E-state index contributed by atoms with van der Waals surface area (Å²) in [6.07, 6.45) is 4.73. The average Bonchev–Trinajstić information content (AvgIpc) is 3.01. The summed E-state index contributed by atoms with van der Waals surface area (Å²) in [5.74, 6) is 0.0456. The molecule has 1 aromatic rings. The first-order valence-corrected chi connectivity index (χ1v) is 9.71. The maximum atomic E-state index is 13.1. The van der Waals surface area contributed by atoms with E-state index in [0.29, 0.717) is 26.3 Å². The Morgan fingerprint density at radius 3 is 2.88 bits per heavy atom. The summed E-state index contributed by atoms with van der Waals surface area (Å²) in [5, 5.41) is 2.98. The molecule has 24 heavy (non-hydrogen) atoms. The van der Waals surface area contributed by atoms with Crippen LogP contribution < -0.4 is 5.32 Å². The third kappa shape index (κ3) is 3.98. The van der Waals surface area contributed by atoms with Gasteiger partial charge in [-0.2, -0.15) is 0 Å². The smallest absolute Gasteiger partial charge is 0.264 e. The average molecular weight is 350 g/mol. The molecular formula is C18H26N2O3S. The summed E-state index contributed by atoms with van der Waals surface area (Å²) in [6, 6.07) is 3.90. The quantitative estimate of drug-likeness (QED) is 0.847. The van der Waals surface area contributed by atoms with Gasteiger partial charge in [0.25, 0.3) is 5.91 Å². The van der Waals surface area contributed by atoms with Crippen LogP contribution in [0.1, 0.15) is 46.7 Å². The van der Waals surface area contributed by atoms with Crippen LogP contribution >= 0.6 is 11.3 Å². The third-order valence-electron chi connectivity index (χ3n) is 4.91. The van der Waals surface area contributed by atoms with E-state index >= 15 is 0 Å². The number of nitrogens with zero attached hydrogens (tertiary/aromatic N) is 1. The van der Waals surface area contributed by atoms with Crippen LogP contribution in [0.25, 0.3) is 0 Å². The largest absolute Gasteiger partial charge is 0.380 e. The van der Waals surface area contributed by atoms with Crippen LogP contribution in [0.3, 0.4) is 0 Å². The fraction of sp³-hybridized carbons (Fsp3) is 0.667. The van der Waals surface area contributed by atoms with Crippen molar-refractivity contribution in [3.05, 3.63) is 21.9 Å². The summed E-state index contributed by atoms with van der Waals surface area (Å²) in [4.78, 5) is 29.5. The van der Waals surface area contributed by atoms with Crippen molar-refractivity contribution in [3.8, 4) is 0 Å². The lowest BCUT2D eigenvalue weighted by atomic mass is 9.82. The van der Waals surface area contributed by atoms with Crippen LogP contribution in [0.5, 0.6) is 0 Å². The molecule has 2 aliphatic rings. The number of nitrogens with one attached hydrogen (secondary N) is 1. The lowest BCUT2D eigenvalue weighted by Crippen LogP contribution is -2.51. The predicted octanol–water partition coefficient (Wildman–Crippen LogP) is 2.59. The normalized spacial score (nSPS) is 26.2. The van der Waals surface area contributed by atoms with Crippen molar-refractivity contribution in [1.82, 2.24) is 10.2 Å². The van der Waals surface area contributed by atoms with Crippen molar-refractivity contribution in [2.75, 3.05) is 26.3 Å². The minimum Gasteiger partial charge on any atom is -0.380 e. The van der Waals surface area contributed by atoms with E-state index in [1.165, 1.54) is 11.3 Å². The highest BCUT2D eigenvalue weighted by molar-refractivity contribution is 7.13. The van der Waals surface area contributed by atoms with Gasteiger partial charge in [0, 0.05) is 30.6 Å². The van der Waals surface area contributed by atoms with Gasteiger partial charge in [-0.05, 0) is 38.3 Å². The Balaban J connectivity index is 1.86. The summed E-state index contributed by atoms with van der Waals surface area (Å²) in [5.41, 5.74) is 0. The number of amides is 2. The molecule has 2 atom stereocenters. The summed E-state index contributed by atoms with van der Waals surface area (Å²) in [6.45, 7) is 4.39. The topological polar surface area (TPSA) is 58.6 Å².